The fraction of sp³-hybridized carbons (Fsp3) is 0.120. The molecule has 0 atom stereocenters. The van der Waals surface area contributed by atoms with Crippen LogP contribution in [0.5, 0.6) is 5.75 Å². The Balaban J connectivity index is 1.48. The van der Waals surface area contributed by atoms with Crippen molar-refractivity contribution in [3.05, 3.63) is 97.2 Å². The highest BCUT2D eigenvalue weighted by Gasteiger charge is 2.11. The van der Waals surface area contributed by atoms with Gasteiger partial charge in [0.1, 0.15) is 17.4 Å². The molecular formula is C25H19Br2FN4O3. The van der Waals surface area contributed by atoms with Gasteiger partial charge in [-0.05, 0) is 76.1 Å². The summed E-state index contributed by atoms with van der Waals surface area (Å²) >= 11 is 6.82. The number of fused-ring (bicyclic) bond motifs is 1. The van der Waals surface area contributed by atoms with Crippen LogP contribution in [-0.4, -0.2) is 28.4 Å². The van der Waals surface area contributed by atoms with Crippen LogP contribution < -0.4 is 15.6 Å². The van der Waals surface area contributed by atoms with Crippen molar-refractivity contribution in [3.63, 3.8) is 0 Å². The number of ether oxygens (including phenoxy) is 1. The molecule has 10 heteroatoms. The molecule has 1 N–H and O–H groups in total. The first kappa shape index (κ1) is 24.7. The third kappa shape index (κ3) is 6.01. The molecule has 0 fully saturated rings. The van der Waals surface area contributed by atoms with Gasteiger partial charge in [-0.25, -0.2) is 9.37 Å². The van der Waals surface area contributed by atoms with Crippen LogP contribution in [0.25, 0.3) is 10.9 Å². The maximum Gasteiger partial charge on any atom is 0.282 e. The van der Waals surface area contributed by atoms with E-state index in [9.17, 15) is 14.0 Å². The van der Waals surface area contributed by atoms with E-state index in [0.29, 0.717) is 44.6 Å². The minimum atomic E-state index is -0.440. The second kappa shape index (κ2) is 10.9. The molecule has 1 heterocycles. The Bertz CT molecular complexity index is 1500. The Morgan fingerprint density at radius 3 is 2.74 bits per heavy atom. The SMILES string of the molecule is CCc1nc2ccc(Br)cc2c(=O)n1N=Cc1ccc(OCC(=O)Nc2cccc(F)c2)c(Br)c1. The maximum absolute atomic E-state index is 13.3. The lowest BCUT2D eigenvalue weighted by atomic mass is 10.2. The number of nitrogens with one attached hydrogen (secondary N) is 1. The van der Waals surface area contributed by atoms with Crippen LogP contribution in [0.2, 0.25) is 0 Å². The summed E-state index contributed by atoms with van der Waals surface area (Å²) < 4.78 is 21.5. The molecule has 0 aliphatic carbocycles. The summed E-state index contributed by atoms with van der Waals surface area (Å²) in [5.74, 6) is 0.129. The van der Waals surface area contributed by atoms with Crippen LogP contribution in [0.1, 0.15) is 18.3 Å². The molecule has 35 heavy (non-hydrogen) atoms. The summed E-state index contributed by atoms with van der Waals surface area (Å²) in [7, 11) is 0. The van der Waals surface area contributed by atoms with Gasteiger partial charge in [0.25, 0.3) is 11.5 Å². The fourth-order valence-electron chi connectivity index (χ4n) is 3.29. The Kier molecular flexibility index (Phi) is 7.72. The normalized spacial score (nSPS) is 11.2. The van der Waals surface area contributed by atoms with Gasteiger partial charge in [0.2, 0.25) is 0 Å². The second-order valence-electron chi connectivity index (χ2n) is 7.44. The monoisotopic (exact) mass is 600 g/mol. The molecule has 0 aliphatic heterocycles. The van der Waals surface area contributed by atoms with E-state index in [0.717, 1.165) is 4.47 Å². The molecule has 0 bridgehead atoms. The Hall–Kier alpha value is -3.37. The molecule has 3 aromatic carbocycles. The van der Waals surface area contributed by atoms with E-state index >= 15 is 0 Å². The van der Waals surface area contributed by atoms with E-state index in [2.05, 4.69) is 47.3 Å². The minimum absolute atomic E-state index is 0.254. The highest BCUT2D eigenvalue weighted by molar-refractivity contribution is 9.10. The second-order valence-corrected chi connectivity index (χ2v) is 9.21. The van der Waals surface area contributed by atoms with Crippen molar-refractivity contribution in [2.75, 3.05) is 11.9 Å². The lowest BCUT2D eigenvalue weighted by Crippen LogP contribution is -2.22. The standard InChI is InChI=1S/C25H19Br2FN4O3/c1-2-23-31-21-8-7-16(26)11-19(21)25(34)32(23)29-13-15-6-9-22(20(27)10-15)35-14-24(33)30-18-5-3-4-17(28)12-18/h3-13H,2,14H2,1H3,(H,30,33). The first-order chi connectivity index (χ1) is 16.8. The van der Waals surface area contributed by atoms with Crippen LogP contribution >= 0.6 is 31.9 Å². The topological polar surface area (TPSA) is 85.6 Å². The van der Waals surface area contributed by atoms with Crippen molar-refractivity contribution in [1.29, 1.82) is 0 Å². The molecule has 0 radical (unpaired) electrons. The van der Waals surface area contributed by atoms with Crippen molar-refractivity contribution in [2.24, 2.45) is 5.10 Å². The average molecular weight is 602 g/mol. The molecule has 1 amide bonds. The molecule has 4 aromatic rings. The summed E-state index contributed by atoms with van der Waals surface area (Å²) in [6, 6.07) is 16.2. The largest absolute Gasteiger partial charge is 0.483 e. The number of rotatable bonds is 7. The number of benzene rings is 3. The van der Waals surface area contributed by atoms with E-state index in [1.165, 1.54) is 22.9 Å². The quantitative estimate of drug-likeness (QED) is 0.283. The predicted octanol–water partition coefficient (Wildman–Crippen LogP) is 5.52. The zero-order valence-corrected chi connectivity index (χ0v) is 21.6. The van der Waals surface area contributed by atoms with Gasteiger partial charge >= 0.3 is 0 Å². The summed E-state index contributed by atoms with van der Waals surface area (Å²) in [6.07, 6.45) is 2.09. The lowest BCUT2D eigenvalue weighted by molar-refractivity contribution is -0.118. The molecule has 7 nitrogen and oxygen atoms in total. The van der Waals surface area contributed by atoms with Gasteiger partial charge in [-0.15, -0.1) is 0 Å². The first-order valence-corrected chi connectivity index (χ1v) is 12.2. The molecule has 4 rings (SSSR count). The van der Waals surface area contributed by atoms with Crippen LogP contribution in [-0.2, 0) is 11.2 Å². The number of aromatic nitrogens is 2. The van der Waals surface area contributed by atoms with Crippen molar-refractivity contribution in [2.45, 2.75) is 13.3 Å². The van der Waals surface area contributed by atoms with Crippen LogP contribution in [0, 0.1) is 5.82 Å². The minimum Gasteiger partial charge on any atom is -0.483 e. The predicted molar refractivity (Wildman–Crippen MR) is 141 cm³/mol. The highest BCUT2D eigenvalue weighted by atomic mass is 79.9. The zero-order valence-electron chi connectivity index (χ0n) is 18.5. The summed E-state index contributed by atoms with van der Waals surface area (Å²) in [5, 5.41) is 7.41. The number of hydrogen-bond acceptors (Lipinski definition) is 5. The van der Waals surface area contributed by atoms with Gasteiger partial charge in [0.05, 0.1) is 21.6 Å². The van der Waals surface area contributed by atoms with Crippen molar-refractivity contribution in [3.8, 4) is 5.75 Å². The van der Waals surface area contributed by atoms with Crippen LogP contribution in [0.3, 0.4) is 0 Å². The number of aryl methyl sites for hydroxylation is 1. The fourth-order valence-corrected chi connectivity index (χ4v) is 4.16. The van der Waals surface area contributed by atoms with E-state index in [4.69, 9.17) is 4.74 Å². The number of amides is 1. The smallest absolute Gasteiger partial charge is 0.282 e. The van der Waals surface area contributed by atoms with Crippen molar-refractivity contribution in [1.82, 2.24) is 9.66 Å². The van der Waals surface area contributed by atoms with Gasteiger partial charge in [0.15, 0.2) is 6.61 Å². The Morgan fingerprint density at radius 2 is 2.00 bits per heavy atom. The number of carbonyl (C=O) groups is 1. The van der Waals surface area contributed by atoms with E-state index in [-0.39, 0.29) is 12.2 Å². The van der Waals surface area contributed by atoms with Gasteiger partial charge in [0, 0.05) is 16.6 Å². The third-order valence-corrected chi connectivity index (χ3v) is 6.05. The number of anilines is 1. The highest BCUT2D eigenvalue weighted by Crippen LogP contribution is 2.25. The van der Waals surface area contributed by atoms with E-state index in [1.54, 1.807) is 42.6 Å². The molecule has 178 valence electrons. The molecule has 0 saturated carbocycles. The van der Waals surface area contributed by atoms with Gasteiger partial charge < -0.3 is 10.1 Å². The maximum atomic E-state index is 13.3. The molecule has 1 aromatic heterocycles. The van der Waals surface area contributed by atoms with Gasteiger partial charge in [-0.3, -0.25) is 9.59 Å². The molecule has 0 spiro atoms. The number of hydrogen-bond donors (Lipinski definition) is 1. The van der Waals surface area contributed by atoms with Gasteiger partial charge in [-0.2, -0.15) is 9.78 Å². The number of halogens is 3. The summed E-state index contributed by atoms with van der Waals surface area (Å²) in [5.41, 5.74) is 1.41. The Labute approximate surface area is 216 Å². The van der Waals surface area contributed by atoms with Gasteiger partial charge in [-0.1, -0.05) is 28.9 Å². The van der Waals surface area contributed by atoms with E-state index < -0.39 is 11.7 Å². The van der Waals surface area contributed by atoms with Crippen molar-refractivity contribution < 1.29 is 13.9 Å². The Morgan fingerprint density at radius 1 is 1.17 bits per heavy atom. The van der Waals surface area contributed by atoms with Crippen molar-refractivity contribution >= 4 is 60.6 Å². The first-order valence-electron chi connectivity index (χ1n) is 10.6. The lowest BCUT2D eigenvalue weighted by Gasteiger charge is -2.10. The molecular weight excluding hydrogens is 583 g/mol. The number of nitrogens with zero attached hydrogens (tertiary/aromatic N) is 3. The van der Waals surface area contributed by atoms with Crippen LogP contribution in [0.4, 0.5) is 10.1 Å². The third-order valence-electron chi connectivity index (χ3n) is 4.94. The summed E-state index contributed by atoms with van der Waals surface area (Å²) in [4.78, 5) is 29.7. The average Bonchev–Trinajstić information content (AvgIpc) is 2.83. The molecule has 0 saturated heterocycles. The van der Waals surface area contributed by atoms with E-state index in [1.807, 2.05) is 13.0 Å². The molecule has 0 aliphatic rings. The zero-order chi connectivity index (χ0) is 24.9. The number of carbonyl (C=O) groups excluding carboxylic acids is 1. The molecule has 0 unspecified atom stereocenters. The van der Waals surface area contributed by atoms with Crippen LogP contribution in [0.15, 0.2) is 79.5 Å². The summed E-state index contributed by atoms with van der Waals surface area (Å²) in [6.45, 7) is 1.65.